The Balaban J connectivity index is 1.81. The van der Waals surface area contributed by atoms with E-state index in [1.165, 1.54) is 70.1 Å². The van der Waals surface area contributed by atoms with Crippen molar-refractivity contribution in [3.05, 3.63) is 71.2 Å². The SMILES string of the molecule is COC(=O)c1ccc(C(=O)OC)c(NC(=O)COC(=O)c2cc(OC)c(OC)cc2NC(=O)c2ccco2)c1. The summed E-state index contributed by atoms with van der Waals surface area (Å²) >= 11 is 0. The lowest BCUT2D eigenvalue weighted by molar-refractivity contribution is -0.119. The molecule has 2 N–H and O–H groups in total. The topological polar surface area (TPSA) is 169 Å². The number of nitrogens with one attached hydrogen (secondary N) is 2. The maximum Gasteiger partial charge on any atom is 0.340 e. The van der Waals surface area contributed by atoms with Crippen molar-refractivity contribution >= 4 is 41.1 Å². The molecule has 0 aliphatic heterocycles. The van der Waals surface area contributed by atoms with Gasteiger partial charge in [0.05, 0.1) is 62.8 Å². The van der Waals surface area contributed by atoms with Crippen molar-refractivity contribution in [2.75, 3.05) is 45.7 Å². The highest BCUT2D eigenvalue weighted by molar-refractivity contribution is 6.08. The van der Waals surface area contributed by atoms with Gasteiger partial charge in [0.25, 0.3) is 11.8 Å². The lowest BCUT2D eigenvalue weighted by Gasteiger charge is -2.15. The number of furan rings is 1. The van der Waals surface area contributed by atoms with E-state index in [1.807, 2.05) is 0 Å². The quantitative estimate of drug-likeness (QED) is 0.286. The lowest BCUT2D eigenvalue weighted by Crippen LogP contribution is -2.23. The van der Waals surface area contributed by atoms with Gasteiger partial charge in [-0.25, -0.2) is 14.4 Å². The van der Waals surface area contributed by atoms with Gasteiger partial charge in [-0.1, -0.05) is 0 Å². The van der Waals surface area contributed by atoms with Crippen molar-refractivity contribution in [2.24, 2.45) is 0 Å². The van der Waals surface area contributed by atoms with Gasteiger partial charge in [0.15, 0.2) is 23.9 Å². The Morgan fingerprint density at radius 1 is 0.744 bits per heavy atom. The summed E-state index contributed by atoms with van der Waals surface area (Å²) in [5, 5.41) is 4.94. The monoisotopic (exact) mass is 540 g/mol. The first-order chi connectivity index (χ1) is 18.7. The number of esters is 3. The molecule has 0 aliphatic carbocycles. The zero-order chi connectivity index (χ0) is 28.5. The molecule has 13 heteroatoms. The van der Waals surface area contributed by atoms with Crippen LogP contribution in [0.15, 0.2) is 53.1 Å². The van der Waals surface area contributed by atoms with Gasteiger partial charge < -0.3 is 38.7 Å². The van der Waals surface area contributed by atoms with Crippen LogP contribution in [0.25, 0.3) is 0 Å². The van der Waals surface area contributed by atoms with E-state index in [0.29, 0.717) is 0 Å². The second kappa shape index (κ2) is 12.8. The Bertz CT molecular complexity index is 1400. The van der Waals surface area contributed by atoms with Gasteiger partial charge in [-0.05, 0) is 30.3 Å². The first-order valence-electron chi connectivity index (χ1n) is 11.1. The van der Waals surface area contributed by atoms with Crippen LogP contribution in [0.4, 0.5) is 11.4 Å². The molecular formula is C26H24N2O11. The molecule has 39 heavy (non-hydrogen) atoms. The molecule has 0 atom stereocenters. The maximum atomic E-state index is 13.0. The molecule has 3 rings (SSSR count). The zero-order valence-corrected chi connectivity index (χ0v) is 21.3. The molecule has 1 heterocycles. The third-order valence-electron chi connectivity index (χ3n) is 5.19. The normalized spacial score (nSPS) is 10.2. The van der Waals surface area contributed by atoms with Crippen molar-refractivity contribution in [2.45, 2.75) is 0 Å². The van der Waals surface area contributed by atoms with E-state index in [9.17, 15) is 24.0 Å². The number of rotatable bonds is 10. The van der Waals surface area contributed by atoms with Gasteiger partial charge in [-0.2, -0.15) is 0 Å². The van der Waals surface area contributed by atoms with Crippen LogP contribution in [-0.2, 0) is 19.0 Å². The highest BCUT2D eigenvalue weighted by Gasteiger charge is 2.23. The van der Waals surface area contributed by atoms with Gasteiger partial charge in [0.1, 0.15) is 0 Å². The smallest absolute Gasteiger partial charge is 0.340 e. The van der Waals surface area contributed by atoms with Crippen LogP contribution >= 0.6 is 0 Å². The molecule has 0 saturated heterocycles. The van der Waals surface area contributed by atoms with E-state index < -0.39 is 36.3 Å². The molecule has 0 aliphatic rings. The fourth-order valence-electron chi connectivity index (χ4n) is 3.32. The third kappa shape index (κ3) is 6.71. The summed E-state index contributed by atoms with van der Waals surface area (Å²) in [6.07, 6.45) is 1.31. The highest BCUT2D eigenvalue weighted by atomic mass is 16.5. The van der Waals surface area contributed by atoms with Crippen molar-refractivity contribution in [1.82, 2.24) is 0 Å². The Hall–Kier alpha value is -5.33. The summed E-state index contributed by atoms with van der Waals surface area (Å²) in [4.78, 5) is 62.1. The first-order valence-corrected chi connectivity index (χ1v) is 11.1. The summed E-state index contributed by atoms with van der Waals surface area (Å²) in [6.45, 7) is -0.790. The summed E-state index contributed by atoms with van der Waals surface area (Å²) in [5.74, 6) is -3.60. The van der Waals surface area contributed by atoms with Gasteiger partial charge in [-0.3, -0.25) is 9.59 Å². The van der Waals surface area contributed by atoms with E-state index in [2.05, 4.69) is 15.4 Å². The average Bonchev–Trinajstić information content (AvgIpc) is 3.50. The number of carbonyl (C=O) groups is 5. The van der Waals surface area contributed by atoms with Crippen molar-refractivity contribution in [3.8, 4) is 11.5 Å². The van der Waals surface area contributed by atoms with Crippen LogP contribution in [0.2, 0.25) is 0 Å². The van der Waals surface area contributed by atoms with Crippen LogP contribution in [-0.4, -0.2) is 64.8 Å². The van der Waals surface area contributed by atoms with Crippen molar-refractivity contribution < 1.29 is 52.1 Å². The van der Waals surface area contributed by atoms with Crippen LogP contribution in [0.5, 0.6) is 11.5 Å². The Labute approximate surface area is 221 Å². The molecular weight excluding hydrogens is 516 g/mol. The molecule has 1 aromatic heterocycles. The highest BCUT2D eigenvalue weighted by Crippen LogP contribution is 2.34. The maximum absolute atomic E-state index is 13.0. The van der Waals surface area contributed by atoms with Crippen molar-refractivity contribution in [1.29, 1.82) is 0 Å². The molecule has 13 nitrogen and oxygen atoms in total. The predicted molar refractivity (Wildman–Crippen MR) is 134 cm³/mol. The Kier molecular flexibility index (Phi) is 9.24. The Morgan fingerprint density at radius 3 is 2.03 bits per heavy atom. The Morgan fingerprint density at radius 2 is 1.41 bits per heavy atom. The summed E-state index contributed by atoms with van der Waals surface area (Å²) in [7, 11) is 5.04. The minimum absolute atomic E-state index is 0.00165. The van der Waals surface area contributed by atoms with Gasteiger partial charge in [0.2, 0.25) is 0 Å². The van der Waals surface area contributed by atoms with E-state index in [0.717, 1.165) is 7.11 Å². The van der Waals surface area contributed by atoms with Gasteiger partial charge >= 0.3 is 17.9 Å². The van der Waals surface area contributed by atoms with E-state index in [-0.39, 0.29) is 45.3 Å². The molecule has 0 bridgehead atoms. The molecule has 3 aromatic rings. The van der Waals surface area contributed by atoms with Crippen LogP contribution in [0, 0.1) is 0 Å². The molecule has 204 valence electrons. The molecule has 0 radical (unpaired) electrons. The first kappa shape index (κ1) is 28.2. The van der Waals surface area contributed by atoms with Crippen LogP contribution in [0.1, 0.15) is 41.6 Å². The second-order valence-corrected chi connectivity index (χ2v) is 7.55. The fraction of sp³-hybridized carbons (Fsp3) is 0.192. The largest absolute Gasteiger partial charge is 0.493 e. The number of hydrogen-bond donors (Lipinski definition) is 2. The minimum atomic E-state index is -0.989. The number of amides is 2. The summed E-state index contributed by atoms with van der Waals surface area (Å²) < 4.78 is 30.0. The summed E-state index contributed by atoms with van der Waals surface area (Å²) in [5.41, 5.74) is -0.211. The van der Waals surface area contributed by atoms with Gasteiger partial charge in [0, 0.05) is 12.1 Å². The average molecular weight is 540 g/mol. The fourth-order valence-corrected chi connectivity index (χ4v) is 3.32. The number of anilines is 2. The molecule has 0 fully saturated rings. The number of hydrogen-bond acceptors (Lipinski definition) is 11. The molecule has 0 saturated carbocycles. The number of ether oxygens (including phenoxy) is 5. The van der Waals surface area contributed by atoms with E-state index in [1.54, 1.807) is 0 Å². The van der Waals surface area contributed by atoms with Crippen molar-refractivity contribution in [3.63, 3.8) is 0 Å². The molecule has 0 spiro atoms. The standard InChI is InChI=1S/C26H24N2O11/c1-34-20-11-16(18(12-21(20)35-2)28-23(30)19-6-5-9-38-19)26(33)39-13-22(29)27-17-10-14(24(31)36-3)7-8-15(17)25(32)37-4/h5-12H,13H2,1-4H3,(H,27,29)(H,28,30). The number of benzene rings is 2. The predicted octanol–water partition coefficient (Wildman–Crippen LogP) is 2.92. The van der Waals surface area contributed by atoms with Crippen LogP contribution in [0.3, 0.4) is 0 Å². The second-order valence-electron chi connectivity index (χ2n) is 7.55. The van der Waals surface area contributed by atoms with Crippen LogP contribution < -0.4 is 20.1 Å². The molecule has 0 unspecified atom stereocenters. The number of carbonyl (C=O) groups excluding carboxylic acids is 5. The van der Waals surface area contributed by atoms with E-state index in [4.69, 9.17) is 23.4 Å². The third-order valence-corrected chi connectivity index (χ3v) is 5.19. The van der Waals surface area contributed by atoms with E-state index >= 15 is 0 Å². The molecule has 2 amide bonds. The summed E-state index contributed by atoms with van der Waals surface area (Å²) in [6, 6.07) is 9.37. The minimum Gasteiger partial charge on any atom is -0.493 e. The lowest BCUT2D eigenvalue weighted by atomic mass is 10.1. The molecule has 2 aromatic carbocycles. The van der Waals surface area contributed by atoms with Gasteiger partial charge in [-0.15, -0.1) is 0 Å². The number of methoxy groups -OCH3 is 4. The zero-order valence-electron chi connectivity index (χ0n) is 21.3.